The minimum absolute atomic E-state index is 0.00570. The Labute approximate surface area is 153 Å². The molecule has 1 aliphatic heterocycles. The van der Waals surface area contributed by atoms with Crippen molar-refractivity contribution in [2.75, 3.05) is 27.2 Å². The molecule has 0 spiro atoms. The first kappa shape index (κ1) is 18.3. The van der Waals surface area contributed by atoms with Crippen molar-refractivity contribution in [1.29, 1.82) is 0 Å². The summed E-state index contributed by atoms with van der Waals surface area (Å²) in [6, 6.07) is 7.48. The topological polar surface area (TPSA) is 66.4 Å². The summed E-state index contributed by atoms with van der Waals surface area (Å²) in [5.74, 6) is 0.00570. The first-order chi connectivity index (χ1) is 11.9. The van der Waals surface area contributed by atoms with Crippen molar-refractivity contribution in [3.63, 3.8) is 0 Å². The van der Waals surface area contributed by atoms with Gasteiger partial charge in [0.15, 0.2) is 0 Å². The number of hydrogen-bond acceptors (Lipinski definition) is 4. The maximum absolute atomic E-state index is 12.5. The number of hydrogen-bond donors (Lipinski definition) is 0. The van der Waals surface area contributed by atoms with Gasteiger partial charge in [-0.15, -0.1) is 0 Å². The average Bonchev–Trinajstić information content (AvgIpc) is 2.61. The summed E-state index contributed by atoms with van der Waals surface area (Å²) in [5, 5.41) is 0.634. The number of halogens is 1. The van der Waals surface area contributed by atoms with Crippen LogP contribution in [0.5, 0.6) is 0 Å². The summed E-state index contributed by atoms with van der Waals surface area (Å²) in [6.07, 6.45) is 4.98. The van der Waals surface area contributed by atoms with Crippen LogP contribution in [0.1, 0.15) is 24.5 Å². The monoisotopic (exact) mass is 380 g/mol. The van der Waals surface area contributed by atoms with Gasteiger partial charge < -0.3 is 0 Å². The van der Waals surface area contributed by atoms with Gasteiger partial charge in [-0.3, -0.25) is 9.97 Å². The first-order valence-electron chi connectivity index (χ1n) is 8.14. The molecule has 3 rings (SSSR count). The second kappa shape index (κ2) is 7.37. The van der Waals surface area contributed by atoms with Gasteiger partial charge in [0, 0.05) is 56.1 Å². The van der Waals surface area contributed by atoms with Gasteiger partial charge >= 0.3 is 0 Å². The lowest BCUT2D eigenvalue weighted by molar-refractivity contribution is 0.296. The number of rotatable bonds is 4. The largest absolute Gasteiger partial charge is 0.281 e. The molecule has 8 heteroatoms. The van der Waals surface area contributed by atoms with E-state index in [1.165, 1.54) is 8.61 Å². The van der Waals surface area contributed by atoms with Crippen molar-refractivity contribution >= 4 is 21.8 Å². The zero-order valence-electron chi connectivity index (χ0n) is 14.3. The Hall–Kier alpha value is -1.54. The molecule has 1 aromatic heterocycles. The van der Waals surface area contributed by atoms with E-state index < -0.39 is 10.2 Å². The van der Waals surface area contributed by atoms with Crippen LogP contribution in [0.2, 0.25) is 5.02 Å². The molecule has 2 heterocycles. The van der Waals surface area contributed by atoms with E-state index in [-0.39, 0.29) is 5.92 Å². The summed E-state index contributed by atoms with van der Waals surface area (Å²) < 4.78 is 27.7. The highest BCUT2D eigenvalue weighted by Crippen LogP contribution is 2.33. The standard InChI is InChI=1S/C17H21ClN4O2S/c1-21(2)25(23,24)22-10-4-6-14(12-22)17-16(19-8-9-20-17)13-5-3-7-15(18)11-13/h3,5,7-9,11,14H,4,6,10,12H2,1-2H3. The maximum Gasteiger partial charge on any atom is 0.281 e. The molecule has 0 saturated carbocycles. The normalized spacial score (nSPS) is 19.3. The molecule has 1 unspecified atom stereocenters. The average molecular weight is 381 g/mol. The van der Waals surface area contributed by atoms with Gasteiger partial charge in [-0.1, -0.05) is 23.7 Å². The van der Waals surface area contributed by atoms with Crippen LogP contribution in [-0.4, -0.2) is 54.2 Å². The number of benzene rings is 1. The van der Waals surface area contributed by atoms with Crippen LogP contribution in [0.3, 0.4) is 0 Å². The van der Waals surface area contributed by atoms with Crippen molar-refractivity contribution < 1.29 is 8.42 Å². The summed E-state index contributed by atoms with van der Waals surface area (Å²) in [5.41, 5.74) is 2.48. The molecule has 1 fully saturated rings. The quantitative estimate of drug-likeness (QED) is 0.818. The van der Waals surface area contributed by atoms with Gasteiger partial charge in [-0.05, 0) is 25.0 Å². The van der Waals surface area contributed by atoms with E-state index in [9.17, 15) is 8.42 Å². The lowest BCUT2D eigenvalue weighted by Gasteiger charge is -2.33. The minimum Gasteiger partial charge on any atom is -0.257 e. The predicted molar refractivity (Wildman–Crippen MR) is 98.6 cm³/mol. The van der Waals surface area contributed by atoms with E-state index in [2.05, 4.69) is 9.97 Å². The molecule has 1 aliphatic rings. The van der Waals surface area contributed by atoms with Crippen molar-refractivity contribution in [1.82, 2.24) is 18.6 Å². The predicted octanol–water partition coefficient (Wildman–Crippen LogP) is 2.78. The number of nitrogens with zero attached hydrogens (tertiary/aromatic N) is 4. The van der Waals surface area contributed by atoms with Gasteiger partial charge in [0.05, 0.1) is 11.4 Å². The van der Waals surface area contributed by atoms with Crippen LogP contribution in [0.4, 0.5) is 0 Å². The Morgan fingerprint density at radius 3 is 2.72 bits per heavy atom. The Morgan fingerprint density at radius 1 is 1.24 bits per heavy atom. The minimum atomic E-state index is -3.43. The Morgan fingerprint density at radius 2 is 2.00 bits per heavy atom. The zero-order valence-corrected chi connectivity index (χ0v) is 15.8. The highest BCUT2D eigenvalue weighted by molar-refractivity contribution is 7.86. The van der Waals surface area contributed by atoms with Crippen molar-refractivity contribution in [2.24, 2.45) is 0 Å². The SMILES string of the molecule is CN(C)S(=O)(=O)N1CCCC(c2nccnc2-c2cccc(Cl)c2)C1. The molecule has 1 aromatic carbocycles. The Bertz CT molecular complexity index is 857. The zero-order chi connectivity index (χ0) is 18.0. The maximum atomic E-state index is 12.5. The van der Waals surface area contributed by atoms with E-state index in [0.717, 1.165) is 29.8 Å². The molecule has 1 atom stereocenters. The van der Waals surface area contributed by atoms with Gasteiger partial charge in [-0.25, -0.2) is 0 Å². The van der Waals surface area contributed by atoms with Gasteiger partial charge in [0.2, 0.25) is 0 Å². The second-order valence-corrected chi connectivity index (χ2v) is 8.87. The molecule has 0 N–H and O–H groups in total. The first-order valence-corrected chi connectivity index (χ1v) is 9.91. The molecular formula is C17H21ClN4O2S. The summed E-state index contributed by atoms with van der Waals surface area (Å²) in [4.78, 5) is 9.02. The smallest absolute Gasteiger partial charge is 0.257 e. The van der Waals surface area contributed by atoms with Gasteiger partial charge in [-0.2, -0.15) is 17.0 Å². The summed E-state index contributed by atoms with van der Waals surface area (Å²) >= 11 is 6.11. The fourth-order valence-electron chi connectivity index (χ4n) is 3.11. The van der Waals surface area contributed by atoms with E-state index in [4.69, 9.17) is 11.6 Å². The molecular weight excluding hydrogens is 360 g/mol. The lowest BCUT2D eigenvalue weighted by Crippen LogP contribution is -2.45. The molecule has 25 heavy (non-hydrogen) atoms. The fourth-order valence-corrected chi connectivity index (χ4v) is 4.49. The van der Waals surface area contributed by atoms with Crippen LogP contribution < -0.4 is 0 Å². The van der Waals surface area contributed by atoms with Crippen LogP contribution in [-0.2, 0) is 10.2 Å². The molecule has 2 aromatic rings. The van der Waals surface area contributed by atoms with Gasteiger partial charge in [0.1, 0.15) is 0 Å². The van der Waals surface area contributed by atoms with Crippen molar-refractivity contribution in [3.05, 3.63) is 47.4 Å². The Balaban J connectivity index is 1.95. The van der Waals surface area contributed by atoms with Crippen LogP contribution >= 0.6 is 11.6 Å². The lowest BCUT2D eigenvalue weighted by atomic mass is 9.92. The van der Waals surface area contributed by atoms with Crippen LogP contribution in [0, 0.1) is 0 Å². The van der Waals surface area contributed by atoms with Crippen LogP contribution in [0.25, 0.3) is 11.3 Å². The third-order valence-corrected chi connectivity index (χ3v) is 6.53. The van der Waals surface area contributed by atoms with E-state index in [0.29, 0.717) is 18.1 Å². The highest BCUT2D eigenvalue weighted by atomic mass is 35.5. The molecule has 0 radical (unpaired) electrons. The number of aromatic nitrogens is 2. The van der Waals surface area contributed by atoms with Crippen LogP contribution in [0.15, 0.2) is 36.7 Å². The Kier molecular flexibility index (Phi) is 5.38. The molecule has 6 nitrogen and oxygen atoms in total. The number of piperidine rings is 1. The fraction of sp³-hybridized carbons (Fsp3) is 0.412. The molecule has 0 amide bonds. The van der Waals surface area contributed by atoms with Crippen molar-refractivity contribution in [3.8, 4) is 11.3 Å². The third kappa shape index (κ3) is 3.84. The van der Waals surface area contributed by atoms with E-state index >= 15 is 0 Å². The van der Waals surface area contributed by atoms with E-state index in [1.54, 1.807) is 26.5 Å². The second-order valence-electron chi connectivity index (χ2n) is 6.29. The highest BCUT2D eigenvalue weighted by Gasteiger charge is 2.32. The van der Waals surface area contributed by atoms with Crippen molar-refractivity contribution in [2.45, 2.75) is 18.8 Å². The summed E-state index contributed by atoms with van der Waals surface area (Å²) in [7, 11) is -0.319. The molecule has 0 bridgehead atoms. The molecule has 134 valence electrons. The van der Waals surface area contributed by atoms with Gasteiger partial charge in [0.25, 0.3) is 10.2 Å². The van der Waals surface area contributed by atoms with E-state index in [1.807, 2.05) is 24.3 Å². The molecule has 0 aliphatic carbocycles. The molecule has 1 saturated heterocycles. The summed E-state index contributed by atoms with van der Waals surface area (Å²) in [6.45, 7) is 0.941. The third-order valence-electron chi connectivity index (χ3n) is 4.38.